The fourth-order valence-electron chi connectivity index (χ4n) is 2.07. The molecule has 2 atom stereocenters. The first kappa shape index (κ1) is 11.6. The van der Waals surface area contributed by atoms with E-state index < -0.39 is 9.84 Å². The van der Waals surface area contributed by atoms with Crippen LogP contribution in [0.25, 0.3) is 0 Å². The summed E-state index contributed by atoms with van der Waals surface area (Å²) >= 11 is 0. The maximum absolute atomic E-state index is 11.8. The summed E-state index contributed by atoms with van der Waals surface area (Å²) in [5.74, 6) is 0.207. The Morgan fingerprint density at radius 3 is 2.62 bits per heavy atom. The molecule has 0 bridgehead atoms. The zero-order valence-electron chi connectivity index (χ0n) is 9.60. The van der Waals surface area contributed by atoms with Crippen molar-refractivity contribution in [3.8, 4) is 0 Å². The minimum Gasteiger partial charge on any atom is -0.308 e. The van der Waals surface area contributed by atoms with Crippen LogP contribution in [0.4, 0.5) is 0 Å². The molecular formula is C12H17NO2S. The number of aryl methyl sites for hydroxylation is 1. The highest BCUT2D eigenvalue weighted by atomic mass is 32.2. The second-order valence-corrected chi connectivity index (χ2v) is 6.92. The number of sulfone groups is 1. The molecular weight excluding hydrogens is 222 g/mol. The van der Waals surface area contributed by atoms with E-state index in [2.05, 4.69) is 5.32 Å². The molecule has 0 spiro atoms. The van der Waals surface area contributed by atoms with Crippen LogP contribution < -0.4 is 5.32 Å². The molecule has 0 saturated carbocycles. The molecule has 2 rings (SSSR count). The molecule has 1 fully saturated rings. The predicted molar refractivity (Wildman–Crippen MR) is 65.2 cm³/mol. The summed E-state index contributed by atoms with van der Waals surface area (Å²) in [5, 5.41) is 3.03. The largest absolute Gasteiger partial charge is 0.308 e. The normalized spacial score (nSPS) is 28.9. The maximum atomic E-state index is 11.8. The topological polar surface area (TPSA) is 46.2 Å². The zero-order chi connectivity index (χ0) is 11.8. The van der Waals surface area contributed by atoms with E-state index in [1.54, 1.807) is 6.92 Å². The van der Waals surface area contributed by atoms with Gasteiger partial charge in [-0.15, -0.1) is 0 Å². The zero-order valence-corrected chi connectivity index (χ0v) is 10.4. The summed E-state index contributed by atoms with van der Waals surface area (Å²) in [6, 6.07) is 7.88. The van der Waals surface area contributed by atoms with Gasteiger partial charge in [0.15, 0.2) is 9.84 Å². The van der Waals surface area contributed by atoms with Crippen LogP contribution >= 0.6 is 0 Å². The van der Waals surface area contributed by atoms with Gasteiger partial charge in [-0.3, -0.25) is 0 Å². The van der Waals surface area contributed by atoms with Crippen molar-refractivity contribution in [2.75, 3.05) is 12.3 Å². The molecule has 1 aromatic rings. The van der Waals surface area contributed by atoms with Crippen LogP contribution in [-0.4, -0.2) is 26.0 Å². The molecule has 0 aromatic heterocycles. The molecule has 1 aliphatic heterocycles. The smallest absolute Gasteiger partial charge is 0.156 e. The van der Waals surface area contributed by atoms with Gasteiger partial charge in [0, 0.05) is 12.6 Å². The summed E-state index contributed by atoms with van der Waals surface area (Å²) < 4.78 is 23.7. The summed E-state index contributed by atoms with van der Waals surface area (Å²) in [6.45, 7) is 4.32. The second-order valence-electron chi connectivity index (χ2n) is 4.46. The average Bonchev–Trinajstić information content (AvgIpc) is 2.23. The van der Waals surface area contributed by atoms with Crippen molar-refractivity contribution in [3.05, 3.63) is 35.4 Å². The predicted octanol–water partition coefficient (Wildman–Crippen LogP) is 1.44. The number of hydrogen-bond acceptors (Lipinski definition) is 3. The first-order valence-corrected chi connectivity index (χ1v) is 7.23. The molecule has 1 N–H and O–H groups in total. The molecule has 88 valence electrons. The van der Waals surface area contributed by atoms with Gasteiger partial charge in [-0.05, 0) is 25.0 Å². The molecule has 2 unspecified atom stereocenters. The Morgan fingerprint density at radius 1 is 1.31 bits per heavy atom. The molecule has 4 heteroatoms. The Kier molecular flexibility index (Phi) is 3.04. The lowest BCUT2D eigenvalue weighted by atomic mass is 10.0. The van der Waals surface area contributed by atoms with Gasteiger partial charge in [0.1, 0.15) is 0 Å². The third kappa shape index (κ3) is 2.13. The molecule has 3 nitrogen and oxygen atoms in total. The van der Waals surface area contributed by atoms with E-state index in [0.717, 1.165) is 11.1 Å². The van der Waals surface area contributed by atoms with E-state index in [0.29, 0.717) is 6.54 Å². The van der Waals surface area contributed by atoms with E-state index in [1.807, 2.05) is 31.2 Å². The second kappa shape index (κ2) is 4.18. The van der Waals surface area contributed by atoms with E-state index in [1.165, 1.54) is 0 Å². The van der Waals surface area contributed by atoms with Gasteiger partial charge in [-0.25, -0.2) is 8.42 Å². The van der Waals surface area contributed by atoms with Gasteiger partial charge < -0.3 is 5.32 Å². The van der Waals surface area contributed by atoms with E-state index in [-0.39, 0.29) is 17.0 Å². The summed E-state index contributed by atoms with van der Waals surface area (Å²) in [7, 11) is -2.94. The molecule has 0 aliphatic carbocycles. The standard InChI is InChI=1S/C12H17NO2S/c1-9-5-3-4-6-11(9)12-8-16(14,15)10(2)7-13-12/h3-6,10,12-13H,7-8H2,1-2H3. The number of benzene rings is 1. The van der Waals surface area contributed by atoms with Crippen molar-refractivity contribution in [1.82, 2.24) is 5.32 Å². The number of nitrogens with one attached hydrogen (secondary N) is 1. The highest BCUT2D eigenvalue weighted by Gasteiger charge is 2.31. The Bertz CT molecular complexity index is 482. The van der Waals surface area contributed by atoms with Gasteiger partial charge in [0.25, 0.3) is 0 Å². The van der Waals surface area contributed by atoms with Crippen LogP contribution in [0.1, 0.15) is 24.1 Å². The van der Waals surface area contributed by atoms with Gasteiger partial charge >= 0.3 is 0 Å². The van der Waals surface area contributed by atoms with Crippen molar-refractivity contribution in [1.29, 1.82) is 0 Å². The number of hydrogen-bond donors (Lipinski definition) is 1. The molecule has 1 aromatic carbocycles. The van der Waals surface area contributed by atoms with Gasteiger partial charge in [0.2, 0.25) is 0 Å². The highest BCUT2D eigenvalue weighted by Crippen LogP contribution is 2.23. The average molecular weight is 239 g/mol. The van der Waals surface area contributed by atoms with Gasteiger partial charge in [0.05, 0.1) is 11.0 Å². The minimum absolute atomic E-state index is 0.0533. The monoisotopic (exact) mass is 239 g/mol. The van der Waals surface area contributed by atoms with Crippen molar-refractivity contribution in [3.63, 3.8) is 0 Å². The Morgan fingerprint density at radius 2 is 2.00 bits per heavy atom. The lowest BCUT2D eigenvalue weighted by Gasteiger charge is -2.29. The van der Waals surface area contributed by atoms with Crippen molar-refractivity contribution in [2.24, 2.45) is 0 Å². The first-order valence-electron chi connectivity index (χ1n) is 5.51. The quantitative estimate of drug-likeness (QED) is 0.806. The molecule has 1 saturated heterocycles. The molecule has 16 heavy (non-hydrogen) atoms. The summed E-state index contributed by atoms with van der Waals surface area (Å²) in [4.78, 5) is 0. The van der Waals surface area contributed by atoms with Gasteiger partial charge in [-0.2, -0.15) is 0 Å². The van der Waals surface area contributed by atoms with Crippen LogP contribution in [0.15, 0.2) is 24.3 Å². The fraction of sp³-hybridized carbons (Fsp3) is 0.500. The third-order valence-electron chi connectivity index (χ3n) is 3.23. The molecule has 0 amide bonds. The van der Waals surface area contributed by atoms with E-state index >= 15 is 0 Å². The van der Waals surface area contributed by atoms with Crippen LogP contribution in [0.2, 0.25) is 0 Å². The Labute approximate surface area is 96.8 Å². The first-order chi connectivity index (χ1) is 7.50. The van der Waals surface area contributed by atoms with E-state index in [9.17, 15) is 8.42 Å². The van der Waals surface area contributed by atoms with E-state index in [4.69, 9.17) is 0 Å². The van der Waals surface area contributed by atoms with Crippen LogP contribution in [0.3, 0.4) is 0 Å². The molecule has 0 radical (unpaired) electrons. The Hall–Kier alpha value is -0.870. The van der Waals surface area contributed by atoms with Crippen molar-refractivity contribution < 1.29 is 8.42 Å². The maximum Gasteiger partial charge on any atom is 0.156 e. The molecule has 1 aliphatic rings. The molecule has 1 heterocycles. The van der Waals surface area contributed by atoms with Crippen LogP contribution in [0, 0.1) is 6.92 Å². The van der Waals surface area contributed by atoms with Crippen molar-refractivity contribution >= 4 is 9.84 Å². The van der Waals surface area contributed by atoms with Crippen LogP contribution in [-0.2, 0) is 9.84 Å². The lowest BCUT2D eigenvalue weighted by Crippen LogP contribution is -2.44. The minimum atomic E-state index is -2.94. The lowest BCUT2D eigenvalue weighted by molar-refractivity contribution is 0.501. The number of rotatable bonds is 1. The van der Waals surface area contributed by atoms with Crippen LogP contribution in [0.5, 0.6) is 0 Å². The van der Waals surface area contributed by atoms with Crippen molar-refractivity contribution in [2.45, 2.75) is 25.1 Å². The summed E-state index contributed by atoms with van der Waals surface area (Å²) in [6.07, 6.45) is 0. The third-order valence-corrected chi connectivity index (χ3v) is 5.42. The van der Waals surface area contributed by atoms with Gasteiger partial charge in [-0.1, -0.05) is 24.3 Å². The SMILES string of the molecule is Cc1ccccc1C1CS(=O)(=O)C(C)CN1. The fourth-order valence-corrected chi connectivity index (χ4v) is 3.51. The highest BCUT2D eigenvalue weighted by molar-refractivity contribution is 7.92. The Balaban J connectivity index is 2.28. The summed E-state index contributed by atoms with van der Waals surface area (Å²) in [5.41, 5.74) is 2.24.